The third kappa shape index (κ3) is 4.62. The van der Waals surface area contributed by atoms with Crippen molar-refractivity contribution in [2.24, 2.45) is 0 Å². The maximum Gasteiger partial charge on any atom is 0.286 e. The molecular weight excluding hydrogens is 352 g/mol. The number of carbonyl (C=O) groups excluding carboxylic acids is 2. The fourth-order valence-corrected chi connectivity index (χ4v) is 3.14. The predicted molar refractivity (Wildman–Crippen MR) is 99.1 cm³/mol. The van der Waals surface area contributed by atoms with Gasteiger partial charge in [-0.05, 0) is 42.1 Å². The van der Waals surface area contributed by atoms with E-state index in [2.05, 4.69) is 10.3 Å². The van der Waals surface area contributed by atoms with Gasteiger partial charge in [0.1, 0.15) is 18.5 Å². The molecule has 1 fully saturated rings. The Morgan fingerprint density at radius 1 is 1.31 bits per heavy atom. The Balaban J connectivity index is 1.78. The molecule has 26 heavy (non-hydrogen) atoms. The van der Waals surface area contributed by atoms with Crippen LogP contribution in [0.1, 0.15) is 35.3 Å². The molecule has 1 saturated heterocycles. The number of aliphatic hydroxyl groups is 1. The van der Waals surface area contributed by atoms with Gasteiger partial charge in [0.05, 0.1) is 16.4 Å². The number of imide groups is 1. The summed E-state index contributed by atoms with van der Waals surface area (Å²) in [7, 11) is 0. The predicted octanol–water partition coefficient (Wildman–Crippen LogP) is 2.65. The number of pyridine rings is 1. The number of rotatable bonds is 7. The number of nitrogens with zero attached hydrogens (tertiary/aromatic N) is 1. The molecule has 2 amide bonds. The molecule has 136 valence electrons. The molecule has 2 unspecified atom stereocenters. The third-order valence-electron chi connectivity index (χ3n) is 3.79. The molecule has 0 saturated carbocycles. The van der Waals surface area contributed by atoms with Crippen LogP contribution in [0.25, 0.3) is 0 Å². The largest absolute Gasteiger partial charge is 0.490 e. The summed E-state index contributed by atoms with van der Waals surface area (Å²) < 4.78 is 38.1. The summed E-state index contributed by atoms with van der Waals surface area (Å²) in [6.07, 6.45) is 1.23. The zero-order valence-corrected chi connectivity index (χ0v) is 14.9. The maximum atomic E-state index is 11.8. The van der Waals surface area contributed by atoms with Crippen molar-refractivity contribution in [2.75, 3.05) is 6.61 Å². The molecule has 1 aromatic heterocycles. The monoisotopic (exact) mass is 376 g/mol. The molecule has 1 aliphatic rings. The van der Waals surface area contributed by atoms with Gasteiger partial charge in [0, 0.05) is 6.20 Å². The van der Waals surface area contributed by atoms with E-state index in [0.29, 0.717) is 5.69 Å². The minimum absolute atomic E-state index is 0.0251. The number of aryl methyl sites for hydroxylation is 1. The number of benzene rings is 1. The highest BCUT2D eigenvalue weighted by atomic mass is 32.2. The Hall–Kier alpha value is -2.38. The number of ether oxygens (including phenoxy) is 1. The number of nitrogens with one attached hydrogen (secondary N) is 1. The molecular formula is C19H20N2O4S. The van der Waals surface area contributed by atoms with Crippen molar-refractivity contribution in [3.63, 3.8) is 0 Å². The Morgan fingerprint density at radius 3 is 2.65 bits per heavy atom. The first-order valence-corrected chi connectivity index (χ1v) is 8.97. The summed E-state index contributed by atoms with van der Waals surface area (Å²) in [5, 5.41) is 11.1. The fraction of sp³-hybridized carbons (Fsp3) is 0.316. The summed E-state index contributed by atoms with van der Waals surface area (Å²) in [4.78, 5) is 27.3. The van der Waals surface area contributed by atoms with Crippen molar-refractivity contribution in [3.8, 4) is 5.75 Å². The van der Waals surface area contributed by atoms with Crippen LogP contribution in [-0.4, -0.2) is 33.1 Å². The molecule has 2 heterocycles. The lowest BCUT2D eigenvalue weighted by atomic mass is 10.1. The molecule has 0 spiro atoms. The molecule has 0 aliphatic carbocycles. The number of carbonyl (C=O) groups is 2. The molecule has 0 bridgehead atoms. The van der Waals surface area contributed by atoms with E-state index in [0.717, 1.165) is 23.7 Å². The molecule has 2 N–H and O–H groups in total. The fourth-order valence-electron chi connectivity index (χ4n) is 2.30. The minimum atomic E-state index is -1.11. The van der Waals surface area contributed by atoms with E-state index < -0.39 is 34.6 Å². The highest BCUT2D eigenvalue weighted by molar-refractivity contribution is 8.15. The number of hydrogen-bond acceptors (Lipinski definition) is 6. The zero-order valence-electron chi connectivity index (χ0n) is 18.0. The standard InChI is InChI=1S/C19H20N2O4S/c1-2-12-5-8-15(20-10-12)16(22)11-25-14-6-3-13(4-7-14)9-17-18(23)21-19(24)26-17/h3-8,10,16-17,22H,2,9,11H2,1H3,(H,21,23,24)/i3D,4D,6D,7D. The molecule has 2 atom stereocenters. The summed E-state index contributed by atoms with van der Waals surface area (Å²) in [6.45, 7) is 1.68. The number of aliphatic hydroxyl groups excluding tert-OH is 1. The molecule has 0 radical (unpaired) electrons. The van der Waals surface area contributed by atoms with Gasteiger partial charge in [-0.1, -0.05) is 36.8 Å². The molecule has 6 nitrogen and oxygen atoms in total. The second-order valence-electron chi connectivity index (χ2n) is 5.67. The van der Waals surface area contributed by atoms with Crippen LogP contribution < -0.4 is 10.1 Å². The van der Waals surface area contributed by atoms with Crippen LogP contribution in [0.15, 0.2) is 42.5 Å². The average molecular weight is 376 g/mol. The van der Waals surface area contributed by atoms with Gasteiger partial charge in [0.2, 0.25) is 5.91 Å². The van der Waals surface area contributed by atoms with E-state index in [-0.39, 0.29) is 36.4 Å². The quantitative estimate of drug-likeness (QED) is 0.772. The first kappa shape index (κ1) is 13.8. The van der Waals surface area contributed by atoms with E-state index in [1.54, 1.807) is 12.3 Å². The Labute approximate surface area is 161 Å². The number of thioether (sulfide) groups is 1. The SMILES string of the molecule is [2H]c1c([2H])c(OCC(O)c2ccc(CC)cn2)c([2H])c([2H])c1CC1SC(=O)NC1=O. The van der Waals surface area contributed by atoms with E-state index >= 15 is 0 Å². The topological polar surface area (TPSA) is 88.5 Å². The molecule has 7 heteroatoms. The summed E-state index contributed by atoms with van der Waals surface area (Å²) >= 11 is 0.756. The summed E-state index contributed by atoms with van der Waals surface area (Å²) in [6, 6.07) is 1.97. The van der Waals surface area contributed by atoms with Gasteiger partial charge in [0.15, 0.2) is 0 Å². The number of amides is 2. The lowest BCUT2D eigenvalue weighted by molar-refractivity contribution is -0.118. The van der Waals surface area contributed by atoms with Gasteiger partial charge < -0.3 is 9.84 Å². The lowest BCUT2D eigenvalue weighted by Crippen LogP contribution is -2.25. The van der Waals surface area contributed by atoms with E-state index in [1.165, 1.54) is 0 Å². The van der Waals surface area contributed by atoms with Crippen LogP contribution in [0.2, 0.25) is 0 Å². The average Bonchev–Trinajstić information content (AvgIpc) is 3.06. The van der Waals surface area contributed by atoms with E-state index in [1.807, 2.05) is 13.0 Å². The van der Waals surface area contributed by atoms with Gasteiger partial charge in [-0.2, -0.15) is 0 Å². The zero-order chi connectivity index (χ0) is 22.0. The van der Waals surface area contributed by atoms with Crippen molar-refractivity contribution in [2.45, 2.75) is 31.1 Å². The van der Waals surface area contributed by atoms with Crippen LogP contribution in [0, 0.1) is 0 Å². The van der Waals surface area contributed by atoms with Gasteiger partial charge in [-0.15, -0.1) is 0 Å². The highest BCUT2D eigenvalue weighted by Crippen LogP contribution is 2.24. The van der Waals surface area contributed by atoms with E-state index in [9.17, 15) is 14.7 Å². The Bertz CT molecular complexity index is 958. The molecule has 1 aromatic carbocycles. The highest BCUT2D eigenvalue weighted by Gasteiger charge is 2.31. The first-order chi connectivity index (χ1) is 14.2. The smallest absolute Gasteiger partial charge is 0.286 e. The summed E-state index contributed by atoms with van der Waals surface area (Å²) in [5.74, 6) is -0.815. The first-order valence-electron chi connectivity index (χ1n) is 10.1. The number of aromatic nitrogens is 1. The van der Waals surface area contributed by atoms with Crippen LogP contribution in [0.3, 0.4) is 0 Å². The summed E-state index contributed by atoms with van der Waals surface area (Å²) in [5.41, 5.74) is 1.41. The Morgan fingerprint density at radius 2 is 2.08 bits per heavy atom. The van der Waals surface area contributed by atoms with Gasteiger partial charge in [-0.3, -0.25) is 19.9 Å². The van der Waals surface area contributed by atoms with E-state index in [4.69, 9.17) is 10.2 Å². The van der Waals surface area contributed by atoms with Crippen LogP contribution in [0.4, 0.5) is 4.79 Å². The van der Waals surface area contributed by atoms with Crippen molar-refractivity contribution in [3.05, 3.63) is 59.3 Å². The number of hydrogen-bond donors (Lipinski definition) is 2. The van der Waals surface area contributed by atoms with Crippen molar-refractivity contribution >= 4 is 22.9 Å². The second kappa shape index (κ2) is 8.33. The van der Waals surface area contributed by atoms with Gasteiger partial charge >= 0.3 is 0 Å². The van der Waals surface area contributed by atoms with Gasteiger partial charge in [0.25, 0.3) is 5.24 Å². The van der Waals surface area contributed by atoms with Crippen LogP contribution in [0.5, 0.6) is 5.75 Å². The molecule has 2 aromatic rings. The second-order valence-corrected chi connectivity index (χ2v) is 6.84. The molecule has 3 rings (SSSR count). The minimum Gasteiger partial charge on any atom is -0.490 e. The van der Waals surface area contributed by atoms with Crippen molar-refractivity contribution in [1.29, 1.82) is 0 Å². The third-order valence-corrected chi connectivity index (χ3v) is 4.77. The van der Waals surface area contributed by atoms with Crippen LogP contribution in [-0.2, 0) is 17.6 Å². The lowest BCUT2D eigenvalue weighted by Gasteiger charge is -2.13. The van der Waals surface area contributed by atoms with Crippen LogP contribution >= 0.6 is 11.8 Å². The molecule has 1 aliphatic heterocycles. The van der Waals surface area contributed by atoms with Crippen molar-refractivity contribution < 1.29 is 24.9 Å². The van der Waals surface area contributed by atoms with Gasteiger partial charge in [-0.25, -0.2) is 0 Å². The van der Waals surface area contributed by atoms with Crippen molar-refractivity contribution in [1.82, 2.24) is 10.3 Å². The normalized spacial score (nSPS) is 20.0. The Kier molecular flexibility index (Phi) is 4.42. The maximum absolute atomic E-state index is 11.8.